The first-order valence-electron chi connectivity index (χ1n) is 3.77. The minimum Gasteiger partial charge on any atom is -0.397 e. The van der Waals surface area contributed by atoms with Gasteiger partial charge in [0.1, 0.15) is 12.1 Å². The number of anilines is 1. The van der Waals surface area contributed by atoms with E-state index in [1.54, 1.807) is 21.9 Å². The maximum atomic E-state index is 5.63. The molecule has 0 saturated carbocycles. The van der Waals surface area contributed by atoms with Gasteiger partial charge in [-0.05, 0) is 13.0 Å². The Bertz CT molecular complexity index is 389. The highest BCUT2D eigenvalue weighted by atomic mass is 16.7. The highest BCUT2D eigenvalue weighted by Gasteiger charge is 2.03. The molecular weight excluding hydrogens is 156 g/mol. The van der Waals surface area contributed by atoms with E-state index in [4.69, 9.17) is 10.6 Å². The molecular formula is C7H10N4O. The Labute approximate surface area is 69.3 Å². The van der Waals surface area contributed by atoms with Crippen LogP contribution < -0.4 is 10.6 Å². The molecule has 5 heteroatoms. The number of nitrogens with two attached hydrogens (primary N) is 1. The number of nitrogen functional groups attached to an aromatic ring is 1. The molecule has 0 aliphatic rings. The first-order valence-corrected chi connectivity index (χ1v) is 3.77. The van der Waals surface area contributed by atoms with Crippen LogP contribution in [-0.4, -0.2) is 21.2 Å². The van der Waals surface area contributed by atoms with Crippen molar-refractivity contribution in [2.24, 2.45) is 0 Å². The van der Waals surface area contributed by atoms with Crippen LogP contribution in [0.15, 0.2) is 18.5 Å². The van der Waals surface area contributed by atoms with Gasteiger partial charge in [0.25, 0.3) is 0 Å². The van der Waals surface area contributed by atoms with E-state index in [1.165, 1.54) is 0 Å². The van der Waals surface area contributed by atoms with Gasteiger partial charge in [-0.15, -0.1) is 9.48 Å². The Balaban J connectivity index is 2.55. The van der Waals surface area contributed by atoms with Crippen molar-refractivity contribution in [2.45, 2.75) is 6.92 Å². The summed E-state index contributed by atoms with van der Waals surface area (Å²) in [5.74, 6) is 0. The van der Waals surface area contributed by atoms with Crippen LogP contribution in [0.4, 0.5) is 5.69 Å². The molecule has 12 heavy (non-hydrogen) atoms. The van der Waals surface area contributed by atoms with Crippen LogP contribution in [-0.2, 0) is 0 Å². The molecule has 0 aliphatic heterocycles. The highest BCUT2D eigenvalue weighted by Crippen LogP contribution is 2.11. The van der Waals surface area contributed by atoms with Gasteiger partial charge in [-0.1, -0.05) is 0 Å². The van der Waals surface area contributed by atoms with Crippen LogP contribution in [0.25, 0.3) is 5.52 Å². The zero-order valence-electron chi connectivity index (χ0n) is 6.77. The maximum Gasteiger partial charge on any atom is 0.114 e. The zero-order valence-corrected chi connectivity index (χ0v) is 6.77. The van der Waals surface area contributed by atoms with Crippen LogP contribution >= 0.6 is 0 Å². The molecule has 0 atom stereocenters. The number of hydrogen-bond acceptors (Lipinski definition) is 3. The number of nitrogens with zero attached hydrogens (tertiary/aromatic N) is 3. The number of fused-ring (bicyclic) bond motifs is 1. The van der Waals surface area contributed by atoms with Gasteiger partial charge in [-0.2, -0.15) is 5.10 Å². The molecule has 0 amide bonds. The van der Waals surface area contributed by atoms with Crippen LogP contribution in [0.3, 0.4) is 0 Å². The standard InChI is InChI=1S/C7H10N4O/c1-2-12-10-4-3-7-6(8)5-9-11(7)10/h3-5H,2,8H2,1H3. The highest BCUT2D eigenvalue weighted by molar-refractivity contribution is 5.67. The lowest BCUT2D eigenvalue weighted by Crippen LogP contribution is -2.15. The molecule has 0 aliphatic carbocycles. The van der Waals surface area contributed by atoms with Gasteiger partial charge in [-0.25, -0.2) is 0 Å². The van der Waals surface area contributed by atoms with E-state index in [9.17, 15) is 0 Å². The first kappa shape index (κ1) is 7.02. The van der Waals surface area contributed by atoms with Crippen molar-refractivity contribution < 1.29 is 4.84 Å². The van der Waals surface area contributed by atoms with Gasteiger partial charge in [-0.3, -0.25) is 0 Å². The summed E-state index contributed by atoms with van der Waals surface area (Å²) < 4.78 is 1.61. The topological polar surface area (TPSA) is 57.5 Å². The molecule has 2 heterocycles. The Morgan fingerprint density at radius 3 is 3.25 bits per heavy atom. The molecule has 0 spiro atoms. The smallest absolute Gasteiger partial charge is 0.114 e. The molecule has 2 N–H and O–H groups in total. The third-order valence-electron chi connectivity index (χ3n) is 1.63. The summed E-state index contributed by atoms with van der Waals surface area (Å²) in [5, 5.41) is 4.03. The third kappa shape index (κ3) is 0.827. The number of hydrogen-bond donors (Lipinski definition) is 1. The van der Waals surface area contributed by atoms with E-state index >= 15 is 0 Å². The van der Waals surface area contributed by atoms with Crippen LogP contribution in [0.2, 0.25) is 0 Å². The van der Waals surface area contributed by atoms with Gasteiger partial charge < -0.3 is 10.6 Å². The van der Waals surface area contributed by atoms with Crippen molar-refractivity contribution in [1.82, 2.24) is 14.6 Å². The van der Waals surface area contributed by atoms with E-state index in [2.05, 4.69) is 5.10 Å². The second-order valence-corrected chi connectivity index (χ2v) is 2.41. The summed E-state index contributed by atoms with van der Waals surface area (Å²) >= 11 is 0. The fourth-order valence-electron chi connectivity index (χ4n) is 1.11. The van der Waals surface area contributed by atoms with Crippen LogP contribution in [0, 0.1) is 0 Å². The second-order valence-electron chi connectivity index (χ2n) is 2.41. The quantitative estimate of drug-likeness (QED) is 0.691. The maximum absolute atomic E-state index is 5.63. The van der Waals surface area contributed by atoms with Gasteiger partial charge in [0.15, 0.2) is 0 Å². The number of rotatable bonds is 2. The normalized spacial score (nSPS) is 10.8. The molecule has 2 aromatic rings. The Hall–Kier alpha value is -1.65. The summed E-state index contributed by atoms with van der Waals surface area (Å²) in [6, 6.07) is 1.86. The van der Waals surface area contributed by atoms with Gasteiger partial charge >= 0.3 is 0 Å². The average molecular weight is 166 g/mol. The molecule has 0 fully saturated rings. The van der Waals surface area contributed by atoms with Crippen molar-refractivity contribution in [2.75, 3.05) is 12.3 Å². The molecule has 64 valence electrons. The largest absolute Gasteiger partial charge is 0.397 e. The average Bonchev–Trinajstić information content (AvgIpc) is 2.58. The van der Waals surface area contributed by atoms with Gasteiger partial charge in [0.2, 0.25) is 0 Å². The van der Waals surface area contributed by atoms with E-state index in [0.29, 0.717) is 12.3 Å². The lowest BCUT2D eigenvalue weighted by atomic mass is 10.4. The molecule has 2 rings (SSSR count). The zero-order chi connectivity index (χ0) is 8.55. The fraction of sp³-hybridized carbons (Fsp3) is 0.286. The van der Waals surface area contributed by atoms with Gasteiger partial charge in [0.05, 0.1) is 18.1 Å². The van der Waals surface area contributed by atoms with E-state index in [1.807, 2.05) is 13.0 Å². The van der Waals surface area contributed by atoms with E-state index < -0.39 is 0 Å². The summed E-state index contributed by atoms with van der Waals surface area (Å²) in [5.41, 5.74) is 7.16. The van der Waals surface area contributed by atoms with Crippen LogP contribution in [0.1, 0.15) is 6.92 Å². The summed E-state index contributed by atoms with van der Waals surface area (Å²) in [4.78, 5) is 6.78. The minimum absolute atomic E-state index is 0.601. The third-order valence-corrected chi connectivity index (χ3v) is 1.63. The van der Waals surface area contributed by atoms with E-state index in [-0.39, 0.29) is 0 Å². The number of aromatic nitrogens is 3. The second kappa shape index (κ2) is 2.44. The Morgan fingerprint density at radius 1 is 1.67 bits per heavy atom. The predicted octanol–water partition coefficient (Wildman–Crippen LogP) is 0.166. The molecule has 0 aromatic carbocycles. The predicted molar refractivity (Wildman–Crippen MR) is 44.7 cm³/mol. The van der Waals surface area contributed by atoms with Crippen molar-refractivity contribution in [3.63, 3.8) is 0 Å². The van der Waals surface area contributed by atoms with Gasteiger partial charge in [0, 0.05) is 0 Å². The van der Waals surface area contributed by atoms with Crippen molar-refractivity contribution in [3.05, 3.63) is 18.5 Å². The summed E-state index contributed by atoms with van der Waals surface area (Å²) in [7, 11) is 0. The first-order chi connectivity index (χ1) is 5.83. The lowest BCUT2D eigenvalue weighted by molar-refractivity contribution is 0.0771. The molecule has 0 radical (unpaired) electrons. The minimum atomic E-state index is 0.601. The Kier molecular flexibility index (Phi) is 1.43. The molecule has 0 saturated heterocycles. The molecule has 0 unspecified atom stereocenters. The van der Waals surface area contributed by atoms with Crippen molar-refractivity contribution in [1.29, 1.82) is 0 Å². The summed E-state index contributed by atoms with van der Waals surface area (Å²) in [6.45, 7) is 2.52. The van der Waals surface area contributed by atoms with E-state index in [0.717, 1.165) is 5.52 Å². The van der Waals surface area contributed by atoms with Crippen LogP contribution in [0.5, 0.6) is 0 Å². The molecule has 5 nitrogen and oxygen atoms in total. The fourth-order valence-corrected chi connectivity index (χ4v) is 1.11. The Morgan fingerprint density at radius 2 is 2.50 bits per heavy atom. The summed E-state index contributed by atoms with van der Waals surface area (Å²) in [6.07, 6.45) is 3.38. The van der Waals surface area contributed by atoms with Crippen molar-refractivity contribution in [3.8, 4) is 0 Å². The van der Waals surface area contributed by atoms with Crippen molar-refractivity contribution >= 4 is 11.2 Å². The molecule has 0 bridgehead atoms. The monoisotopic (exact) mass is 166 g/mol. The lowest BCUT2D eigenvalue weighted by Gasteiger charge is -2.02. The molecule has 2 aromatic heterocycles. The SMILES string of the molecule is CCOn1ccc2c(N)cnn21.